The average molecular weight is 315 g/mol. The van der Waals surface area contributed by atoms with E-state index in [4.69, 9.17) is 4.74 Å². The number of nitrogens with zero attached hydrogens (tertiary/aromatic N) is 1. The largest absolute Gasteiger partial charge is 0.484 e. The number of rotatable bonds is 3. The van der Waals surface area contributed by atoms with Crippen molar-refractivity contribution >= 4 is 5.91 Å². The van der Waals surface area contributed by atoms with Crippen LogP contribution in [0, 0.1) is 13.8 Å². The number of ether oxygens (including phenoxy) is 1. The van der Waals surface area contributed by atoms with E-state index < -0.39 is 18.1 Å². The highest BCUT2D eigenvalue weighted by Gasteiger charge is 2.46. The van der Waals surface area contributed by atoms with Crippen molar-refractivity contribution in [1.29, 1.82) is 0 Å². The molecule has 0 unspecified atom stereocenters. The van der Waals surface area contributed by atoms with Crippen molar-refractivity contribution < 1.29 is 22.7 Å². The highest BCUT2D eigenvalue weighted by Crippen LogP contribution is 2.31. The van der Waals surface area contributed by atoms with E-state index in [1.54, 1.807) is 12.1 Å². The molecule has 0 spiro atoms. The topological polar surface area (TPSA) is 29.5 Å². The van der Waals surface area contributed by atoms with E-state index >= 15 is 0 Å². The zero-order chi connectivity index (χ0) is 16.3. The molecule has 2 rings (SSSR count). The minimum absolute atomic E-state index is 0.0289. The van der Waals surface area contributed by atoms with E-state index in [9.17, 15) is 18.0 Å². The van der Waals surface area contributed by atoms with E-state index in [0.717, 1.165) is 16.0 Å². The van der Waals surface area contributed by atoms with Gasteiger partial charge in [-0.05, 0) is 56.4 Å². The molecule has 1 saturated heterocycles. The fraction of sp³-hybridized carbons (Fsp3) is 0.562. The molecule has 6 heteroatoms. The van der Waals surface area contributed by atoms with E-state index in [-0.39, 0.29) is 19.6 Å². The first-order valence-electron chi connectivity index (χ1n) is 7.35. The summed E-state index contributed by atoms with van der Waals surface area (Å²) in [6.07, 6.45) is -3.32. The van der Waals surface area contributed by atoms with Crippen LogP contribution < -0.4 is 4.74 Å². The van der Waals surface area contributed by atoms with Gasteiger partial charge in [0.25, 0.3) is 5.91 Å². The maximum absolute atomic E-state index is 13.0. The number of amides is 1. The van der Waals surface area contributed by atoms with Crippen LogP contribution >= 0.6 is 0 Å². The Bertz CT molecular complexity index is 543. The Hall–Kier alpha value is -1.72. The predicted molar refractivity (Wildman–Crippen MR) is 76.8 cm³/mol. The maximum Gasteiger partial charge on any atom is 0.408 e. The van der Waals surface area contributed by atoms with Crippen LogP contribution in [0.2, 0.25) is 0 Å². The van der Waals surface area contributed by atoms with Gasteiger partial charge < -0.3 is 9.64 Å². The molecule has 0 aliphatic carbocycles. The lowest BCUT2D eigenvalue weighted by Crippen LogP contribution is -2.52. The molecule has 1 aliphatic heterocycles. The van der Waals surface area contributed by atoms with Gasteiger partial charge in [0.2, 0.25) is 0 Å². The summed E-state index contributed by atoms with van der Waals surface area (Å²) in [6, 6.07) is 3.67. The second kappa shape index (κ2) is 6.58. The lowest BCUT2D eigenvalue weighted by Gasteiger charge is -2.36. The van der Waals surface area contributed by atoms with Crippen LogP contribution in [0.3, 0.4) is 0 Å². The predicted octanol–water partition coefficient (Wildman–Crippen LogP) is 3.63. The van der Waals surface area contributed by atoms with Gasteiger partial charge in [-0.15, -0.1) is 0 Å². The summed E-state index contributed by atoms with van der Waals surface area (Å²) in [7, 11) is 0. The van der Waals surface area contributed by atoms with Crippen LogP contribution in [0.15, 0.2) is 18.2 Å². The van der Waals surface area contributed by atoms with Gasteiger partial charge >= 0.3 is 6.18 Å². The van der Waals surface area contributed by atoms with Crippen molar-refractivity contribution in [2.75, 3.05) is 13.2 Å². The Kier molecular flexibility index (Phi) is 4.98. The normalized spacial score (nSPS) is 19.1. The minimum atomic E-state index is -4.38. The molecule has 0 saturated carbocycles. The lowest BCUT2D eigenvalue weighted by atomic mass is 10.0. The first-order chi connectivity index (χ1) is 10.3. The maximum atomic E-state index is 13.0. The molecular formula is C16H20F3NO2. The molecule has 0 radical (unpaired) electrons. The standard InChI is InChI=1S/C16H20F3NO2/c1-11-6-7-13(9-12(11)2)22-10-15(21)20-8-4-3-5-14(20)16(17,18)19/h6-7,9,14H,3-5,8,10H2,1-2H3/t14-/m0/s1. The molecule has 22 heavy (non-hydrogen) atoms. The van der Waals surface area contributed by atoms with Crippen molar-refractivity contribution in [3.63, 3.8) is 0 Å². The average Bonchev–Trinajstić information content (AvgIpc) is 2.47. The number of halogens is 3. The molecule has 0 N–H and O–H groups in total. The molecule has 1 aromatic carbocycles. The molecule has 1 aliphatic rings. The van der Waals surface area contributed by atoms with Crippen molar-refractivity contribution in [2.45, 2.75) is 45.3 Å². The van der Waals surface area contributed by atoms with Gasteiger partial charge in [-0.3, -0.25) is 4.79 Å². The molecule has 122 valence electrons. The smallest absolute Gasteiger partial charge is 0.408 e. The van der Waals surface area contributed by atoms with E-state index in [1.165, 1.54) is 0 Å². The van der Waals surface area contributed by atoms with Crippen molar-refractivity contribution in [3.05, 3.63) is 29.3 Å². The van der Waals surface area contributed by atoms with Gasteiger partial charge in [0.15, 0.2) is 6.61 Å². The Labute approximate surface area is 128 Å². The Morgan fingerprint density at radius 2 is 2.00 bits per heavy atom. The highest BCUT2D eigenvalue weighted by atomic mass is 19.4. The Morgan fingerprint density at radius 3 is 2.64 bits per heavy atom. The summed E-state index contributed by atoms with van der Waals surface area (Å²) in [6.45, 7) is 3.63. The van der Waals surface area contributed by atoms with Gasteiger partial charge in [-0.25, -0.2) is 0 Å². The molecule has 1 fully saturated rings. The second-order valence-corrected chi connectivity index (χ2v) is 5.68. The molecule has 1 atom stereocenters. The third kappa shape index (κ3) is 3.93. The van der Waals surface area contributed by atoms with Crippen LogP contribution in [0.25, 0.3) is 0 Å². The van der Waals surface area contributed by atoms with Crippen molar-refractivity contribution in [2.24, 2.45) is 0 Å². The molecule has 0 aromatic heterocycles. The number of carbonyl (C=O) groups excluding carboxylic acids is 1. The molecule has 3 nitrogen and oxygen atoms in total. The van der Waals surface area contributed by atoms with Crippen LogP contribution in [-0.4, -0.2) is 36.2 Å². The summed E-state index contributed by atoms with van der Waals surface area (Å²) in [5.74, 6) is -0.114. The van der Waals surface area contributed by atoms with Gasteiger partial charge in [-0.1, -0.05) is 6.07 Å². The van der Waals surface area contributed by atoms with Gasteiger partial charge in [0.05, 0.1) is 0 Å². The fourth-order valence-corrected chi connectivity index (χ4v) is 2.60. The number of alkyl halides is 3. The SMILES string of the molecule is Cc1ccc(OCC(=O)N2CCCC[C@H]2C(F)(F)F)cc1C. The van der Waals surface area contributed by atoms with Crippen molar-refractivity contribution in [3.8, 4) is 5.75 Å². The molecule has 1 amide bonds. The number of carbonyl (C=O) groups is 1. The van der Waals surface area contributed by atoms with Gasteiger partial charge in [0.1, 0.15) is 11.8 Å². The third-order valence-corrected chi connectivity index (χ3v) is 4.04. The molecule has 1 aromatic rings. The summed E-state index contributed by atoms with van der Waals surface area (Å²) in [5, 5.41) is 0. The third-order valence-electron chi connectivity index (χ3n) is 4.04. The lowest BCUT2D eigenvalue weighted by molar-refractivity contribution is -0.196. The Morgan fingerprint density at radius 1 is 1.27 bits per heavy atom. The Balaban J connectivity index is 1.99. The van der Waals surface area contributed by atoms with E-state index in [0.29, 0.717) is 18.6 Å². The highest BCUT2D eigenvalue weighted by molar-refractivity contribution is 5.78. The summed E-state index contributed by atoms with van der Waals surface area (Å²) >= 11 is 0. The fourth-order valence-electron chi connectivity index (χ4n) is 2.60. The summed E-state index contributed by atoms with van der Waals surface area (Å²) in [4.78, 5) is 13.0. The van der Waals surface area contributed by atoms with E-state index in [2.05, 4.69) is 0 Å². The van der Waals surface area contributed by atoms with E-state index in [1.807, 2.05) is 19.9 Å². The zero-order valence-corrected chi connectivity index (χ0v) is 12.7. The van der Waals surface area contributed by atoms with Crippen LogP contribution in [0.5, 0.6) is 5.75 Å². The monoisotopic (exact) mass is 315 g/mol. The van der Waals surface area contributed by atoms with Crippen molar-refractivity contribution in [1.82, 2.24) is 4.90 Å². The number of likely N-dealkylation sites (tertiary alicyclic amines) is 1. The van der Waals surface area contributed by atoms with Crippen LogP contribution in [-0.2, 0) is 4.79 Å². The molecule has 0 bridgehead atoms. The summed E-state index contributed by atoms with van der Waals surface area (Å²) in [5.41, 5.74) is 2.10. The number of hydrogen-bond acceptors (Lipinski definition) is 2. The van der Waals surface area contributed by atoms with Gasteiger partial charge in [-0.2, -0.15) is 13.2 Å². The quantitative estimate of drug-likeness (QED) is 0.852. The van der Waals surface area contributed by atoms with Crippen LogP contribution in [0.4, 0.5) is 13.2 Å². The van der Waals surface area contributed by atoms with Crippen LogP contribution in [0.1, 0.15) is 30.4 Å². The molecular weight excluding hydrogens is 295 g/mol. The number of benzene rings is 1. The number of aryl methyl sites for hydroxylation is 2. The number of hydrogen-bond donors (Lipinski definition) is 0. The second-order valence-electron chi connectivity index (χ2n) is 5.68. The number of piperidine rings is 1. The molecule has 1 heterocycles. The van der Waals surface area contributed by atoms with Gasteiger partial charge in [0, 0.05) is 6.54 Å². The summed E-state index contributed by atoms with van der Waals surface area (Å²) < 4.78 is 44.3. The first kappa shape index (κ1) is 16.6. The first-order valence-corrected chi connectivity index (χ1v) is 7.35. The minimum Gasteiger partial charge on any atom is -0.484 e. The zero-order valence-electron chi connectivity index (χ0n) is 12.7.